The summed E-state index contributed by atoms with van der Waals surface area (Å²) in [4.78, 5) is 56.9. The summed E-state index contributed by atoms with van der Waals surface area (Å²) in [5.41, 5.74) is 6.24. The summed E-state index contributed by atoms with van der Waals surface area (Å²) in [7, 11) is 0. The van der Waals surface area contributed by atoms with Crippen LogP contribution in [0.5, 0.6) is 0 Å². The van der Waals surface area contributed by atoms with Crippen LogP contribution >= 0.6 is 0 Å². The van der Waals surface area contributed by atoms with Gasteiger partial charge in [0.15, 0.2) is 0 Å². The van der Waals surface area contributed by atoms with Crippen LogP contribution in [0.2, 0.25) is 0 Å². The fourth-order valence-corrected chi connectivity index (χ4v) is 3.22. The van der Waals surface area contributed by atoms with E-state index < -0.39 is 54.0 Å². The zero-order valence-corrected chi connectivity index (χ0v) is 20.4. The van der Waals surface area contributed by atoms with Gasteiger partial charge in [0.2, 0.25) is 17.7 Å². The standard InChI is InChI=1S/C22H38N6O6/c1-6-12(4)18(21(32)27-16(22(33)34)7-11(2)3)28-19(30)15(8-14-9-24-10-25-14)26-20(31)17(23)13(5)29/h9-13,15-18,29H,6-8,23H2,1-5H3,(H,24,25)(H,26,31)(H,27,32)(H,28,30)(H,33,34). The van der Waals surface area contributed by atoms with Crippen molar-refractivity contribution in [3.63, 3.8) is 0 Å². The Hall–Kier alpha value is -2.99. The number of rotatable bonds is 14. The van der Waals surface area contributed by atoms with E-state index >= 15 is 0 Å². The van der Waals surface area contributed by atoms with Crippen molar-refractivity contribution in [2.24, 2.45) is 17.6 Å². The highest BCUT2D eigenvalue weighted by atomic mass is 16.4. The lowest BCUT2D eigenvalue weighted by Gasteiger charge is -2.28. The number of aliphatic carboxylic acids is 1. The number of carbonyl (C=O) groups is 4. The summed E-state index contributed by atoms with van der Waals surface area (Å²) in [6.07, 6.45) is 2.57. The van der Waals surface area contributed by atoms with Crippen LogP contribution in [0, 0.1) is 11.8 Å². The van der Waals surface area contributed by atoms with Gasteiger partial charge in [-0.05, 0) is 25.2 Å². The normalized spacial score (nSPS) is 16.6. The molecule has 0 fully saturated rings. The third-order valence-corrected chi connectivity index (χ3v) is 5.55. The number of aromatic nitrogens is 2. The summed E-state index contributed by atoms with van der Waals surface area (Å²) in [5.74, 6) is -3.46. The van der Waals surface area contributed by atoms with E-state index in [1.807, 2.05) is 20.8 Å². The molecule has 0 aliphatic heterocycles. The SMILES string of the molecule is CCC(C)C(NC(=O)C(Cc1cnc[nH]1)NC(=O)C(N)C(C)O)C(=O)NC(CC(C)C)C(=O)O. The van der Waals surface area contributed by atoms with Gasteiger partial charge in [0.25, 0.3) is 0 Å². The number of nitrogens with two attached hydrogens (primary N) is 1. The van der Waals surface area contributed by atoms with Gasteiger partial charge in [-0.1, -0.05) is 34.1 Å². The molecule has 3 amide bonds. The monoisotopic (exact) mass is 482 g/mol. The molecule has 6 unspecified atom stereocenters. The maximum absolute atomic E-state index is 13.2. The minimum absolute atomic E-state index is 0.0318. The van der Waals surface area contributed by atoms with Gasteiger partial charge in [0, 0.05) is 18.3 Å². The van der Waals surface area contributed by atoms with Crippen molar-refractivity contribution in [2.75, 3.05) is 0 Å². The van der Waals surface area contributed by atoms with E-state index in [2.05, 4.69) is 25.9 Å². The van der Waals surface area contributed by atoms with Gasteiger partial charge in [0.1, 0.15) is 24.2 Å². The van der Waals surface area contributed by atoms with Crippen LogP contribution in [0.1, 0.15) is 53.2 Å². The summed E-state index contributed by atoms with van der Waals surface area (Å²) >= 11 is 0. The van der Waals surface area contributed by atoms with Crippen LogP contribution in [0.3, 0.4) is 0 Å². The zero-order chi connectivity index (χ0) is 26.0. The molecule has 12 nitrogen and oxygen atoms in total. The molecule has 0 spiro atoms. The van der Waals surface area contributed by atoms with E-state index in [9.17, 15) is 29.4 Å². The zero-order valence-electron chi connectivity index (χ0n) is 20.4. The molecule has 12 heteroatoms. The second-order valence-electron chi connectivity index (χ2n) is 9.01. The van der Waals surface area contributed by atoms with Crippen LogP contribution in [0.25, 0.3) is 0 Å². The van der Waals surface area contributed by atoms with E-state index in [4.69, 9.17) is 5.73 Å². The lowest BCUT2D eigenvalue weighted by molar-refractivity contribution is -0.143. The fraction of sp³-hybridized carbons (Fsp3) is 0.682. The van der Waals surface area contributed by atoms with Gasteiger partial charge in [-0.2, -0.15) is 0 Å². The van der Waals surface area contributed by atoms with Gasteiger partial charge in [-0.15, -0.1) is 0 Å². The predicted octanol–water partition coefficient (Wildman–Crippen LogP) is -0.708. The Morgan fingerprint density at radius 1 is 1.03 bits per heavy atom. The molecular formula is C22H38N6O6. The third-order valence-electron chi connectivity index (χ3n) is 5.55. The van der Waals surface area contributed by atoms with Crippen molar-refractivity contribution in [1.82, 2.24) is 25.9 Å². The molecule has 0 aliphatic carbocycles. The number of carbonyl (C=O) groups excluding carboxylic acids is 3. The molecule has 0 saturated carbocycles. The molecule has 1 rings (SSSR count). The van der Waals surface area contributed by atoms with Crippen molar-refractivity contribution in [1.29, 1.82) is 0 Å². The number of nitrogens with zero attached hydrogens (tertiary/aromatic N) is 1. The maximum Gasteiger partial charge on any atom is 0.326 e. The molecule has 6 atom stereocenters. The van der Waals surface area contributed by atoms with Crippen molar-refractivity contribution in [3.8, 4) is 0 Å². The largest absolute Gasteiger partial charge is 0.480 e. The molecule has 1 aromatic rings. The molecule has 0 radical (unpaired) electrons. The molecule has 0 bridgehead atoms. The second kappa shape index (κ2) is 13.7. The lowest BCUT2D eigenvalue weighted by Crippen LogP contribution is -2.60. The quantitative estimate of drug-likeness (QED) is 0.180. The minimum Gasteiger partial charge on any atom is -0.480 e. The first kappa shape index (κ1) is 29.0. The predicted molar refractivity (Wildman–Crippen MR) is 124 cm³/mol. The molecule has 0 aliphatic rings. The Balaban J connectivity index is 3.08. The average Bonchev–Trinajstić information content (AvgIpc) is 3.27. The van der Waals surface area contributed by atoms with Gasteiger partial charge >= 0.3 is 5.97 Å². The number of carboxylic acid groups (broad SMARTS) is 1. The number of aliphatic hydroxyl groups is 1. The van der Waals surface area contributed by atoms with E-state index in [0.29, 0.717) is 12.1 Å². The lowest BCUT2D eigenvalue weighted by atomic mass is 9.96. The van der Waals surface area contributed by atoms with Crippen LogP contribution in [-0.2, 0) is 25.6 Å². The van der Waals surface area contributed by atoms with Crippen molar-refractivity contribution in [2.45, 2.75) is 84.2 Å². The smallest absolute Gasteiger partial charge is 0.326 e. The van der Waals surface area contributed by atoms with Gasteiger partial charge in [-0.3, -0.25) is 14.4 Å². The van der Waals surface area contributed by atoms with E-state index in [1.54, 1.807) is 6.92 Å². The Bertz CT molecular complexity index is 813. The van der Waals surface area contributed by atoms with Crippen molar-refractivity contribution < 1.29 is 29.4 Å². The molecule has 8 N–H and O–H groups in total. The Kier molecular flexibility index (Phi) is 11.7. The number of aromatic amines is 1. The Morgan fingerprint density at radius 2 is 1.65 bits per heavy atom. The minimum atomic E-state index is -1.25. The molecule has 192 valence electrons. The maximum atomic E-state index is 13.2. The third kappa shape index (κ3) is 9.10. The summed E-state index contributed by atoms with van der Waals surface area (Å²) in [5, 5.41) is 26.8. The summed E-state index contributed by atoms with van der Waals surface area (Å²) in [6.45, 7) is 8.64. The number of H-pyrrole nitrogens is 1. The topological polar surface area (TPSA) is 200 Å². The molecule has 1 aromatic heterocycles. The van der Waals surface area contributed by atoms with Crippen LogP contribution in [0.4, 0.5) is 0 Å². The first-order valence-electron chi connectivity index (χ1n) is 11.4. The number of aliphatic hydroxyl groups excluding tert-OH is 1. The van der Waals surface area contributed by atoms with Crippen molar-refractivity contribution >= 4 is 23.7 Å². The van der Waals surface area contributed by atoms with Crippen molar-refractivity contribution in [3.05, 3.63) is 18.2 Å². The second-order valence-corrected chi connectivity index (χ2v) is 9.01. The van der Waals surface area contributed by atoms with E-state index in [-0.39, 0.29) is 24.7 Å². The number of amides is 3. The Morgan fingerprint density at radius 3 is 2.12 bits per heavy atom. The highest BCUT2D eigenvalue weighted by Gasteiger charge is 2.33. The molecule has 1 heterocycles. The average molecular weight is 483 g/mol. The summed E-state index contributed by atoms with van der Waals surface area (Å²) < 4.78 is 0. The number of carboxylic acids is 1. The van der Waals surface area contributed by atoms with Crippen LogP contribution < -0.4 is 21.7 Å². The molecule has 0 aromatic carbocycles. The Labute approximate surface area is 199 Å². The van der Waals surface area contributed by atoms with Gasteiger partial charge < -0.3 is 36.9 Å². The first-order valence-corrected chi connectivity index (χ1v) is 11.4. The van der Waals surface area contributed by atoms with Crippen LogP contribution in [0.15, 0.2) is 12.5 Å². The number of hydrogen-bond donors (Lipinski definition) is 7. The molecular weight excluding hydrogens is 444 g/mol. The van der Waals surface area contributed by atoms with Gasteiger partial charge in [-0.25, -0.2) is 9.78 Å². The van der Waals surface area contributed by atoms with Crippen LogP contribution in [-0.4, -0.2) is 74.1 Å². The highest BCUT2D eigenvalue weighted by Crippen LogP contribution is 2.12. The summed E-state index contributed by atoms with van der Waals surface area (Å²) in [6, 6.07) is -4.50. The highest BCUT2D eigenvalue weighted by molar-refractivity contribution is 5.94. The fourth-order valence-electron chi connectivity index (χ4n) is 3.22. The molecule has 0 saturated heterocycles. The van der Waals surface area contributed by atoms with E-state index in [1.165, 1.54) is 19.4 Å². The number of hydrogen-bond acceptors (Lipinski definition) is 7. The van der Waals surface area contributed by atoms with Gasteiger partial charge in [0.05, 0.1) is 12.4 Å². The molecule has 34 heavy (non-hydrogen) atoms. The first-order chi connectivity index (χ1) is 15.9. The number of nitrogens with one attached hydrogen (secondary N) is 4. The van der Waals surface area contributed by atoms with E-state index in [0.717, 1.165) is 0 Å². The number of imidazole rings is 1.